The molecule has 3 amide bonds. The summed E-state index contributed by atoms with van der Waals surface area (Å²) in [7, 11) is 0. The third-order valence-corrected chi connectivity index (χ3v) is 3.68. The highest BCUT2D eigenvalue weighted by molar-refractivity contribution is 5.95. The lowest BCUT2D eigenvalue weighted by molar-refractivity contribution is -0.128. The van der Waals surface area contributed by atoms with Crippen molar-refractivity contribution in [3.8, 4) is 0 Å². The third-order valence-electron chi connectivity index (χ3n) is 3.68. The number of nitrogens with zero attached hydrogens (tertiary/aromatic N) is 1. The molecule has 1 aliphatic heterocycles. The first-order valence-electron chi connectivity index (χ1n) is 8.04. The van der Waals surface area contributed by atoms with Gasteiger partial charge in [-0.15, -0.1) is 0 Å². The Kier molecular flexibility index (Phi) is 6.20. The van der Waals surface area contributed by atoms with Crippen molar-refractivity contribution in [1.29, 1.82) is 0 Å². The molecule has 1 saturated heterocycles. The molecule has 1 rings (SSSR count). The molecule has 5 nitrogen and oxygen atoms in total. The number of rotatable bonds is 5. The molecule has 0 unspecified atom stereocenters. The number of nitrogens with one attached hydrogen (secondary N) is 2. The van der Waals surface area contributed by atoms with Gasteiger partial charge in [0.2, 0.25) is 5.91 Å². The Morgan fingerprint density at radius 3 is 2.48 bits per heavy atom. The molecule has 1 aliphatic rings. The minimum absolute atomic E-state index is 0.107. The smallest absolute Gasteiger partial charge is 0.324 e. The molecule has 0 bridgehead atoms. The van der Waals surface area contributed by atoms with Crippen molar-refractivity contribution in [2.24, 2.45) is 0 Å². The van der Waals surface area contributed by atoms with Gasteiger partial charge in [0.1, 0.15) is 0 Å². The van der Waals surface area contributed by atoms with Gasteiger partial charge in [-0.2, -0.15) is 0 Å². The highest BCUT2D eigenvalue weighted by Crippen LogP contribution is 2.22. The van der Waals surface area contributed by atoms with E-state index in [4.69, 9.17) is 0 Å². The van der Waals surface area contributed by atoms with Crippen molar-refractivity contribution in [2.75, 3.05) is 13.1 Å². The van der Waals surface area contributed by atoms with E-state index in [-0.39, 0.29) is 23.0 Å². The normalized spacial score (nSPS) is 21.0. The summed E-state index contributed by atoms with van der Waals surface area (Å²) in [6, 6.07) is -0.260. The first-order chi connectivity index (χ1) is 9.67. The van der Waals surface area contributed by atoms with E-state index in [9.17, 15) is 9.59 Å². The maximum atomic E-state index is 12.3. The van der Waals surface area contributed by atoms with E-state index in [1.54, 1.807) is 0 Å². The average Bonchev–Trinajstić information content (AvgIpc) is 2.41. The van der Waals surface area contributed by atoms with Crippen LogP contribution in [0.4, 0.5) is 4.79 Å². The van der Waals surface area contributed by atoms with Gasteiger partial charge in [0, 0.05) is 30.6 Å². The van der Waals surface area contributed by atoms with Gasteiger partial charge in [-0.1, -0.05) is 26.2 Å². The van der Waals surface area contributed by atoms with Gasteiger partial charge in [-0.05, 0) is 34.1 Å². The van der Waals surface area contributed by atoms with Crippen molar-refractivity contribution in [3.63, 3.8) is 0 Å². The summed E-state index contributed by atoms with van der Waals surface area (Å²) in [4.78, 5) is 25.9. The van der Waals surface area contributed by atoms with E-state index in [0.29, 0.717) is 19.5 Å². The first-order valence-corrected chi connectivity index (χ1v) is 8.04. The van der Waals surface area contributed by atoms with E-state index < -0.39 is 0 Å². The fourth-order valence-corrected chi connectivity index (χ4v) is 2.98. The van der Waals surface area contributed by atoms with Crippen LogP contribution in [0.25, 0.3) is 0 Å². The second kappa shape index (κ2) is 7.25. The average molecular weight is 297 g/mol. The number of hydrogen-bond acceptors (Lipinski definition) is 3. The zero-order chi connectivity index (χ0) is 16.1. The quantitative estimate of drug-likeness (QED) is 0.767. The predicted molar refractivity (Wildman–Crippen MR) is 85.2 cm³/mol. The molecule has 0 spiro atoms. The second-order valence-corrected chi connectivity index (χ2v) is 7.34. The molecule has 21 heavy (non-hydrogen) atoms. The van der Waals surface area contributed by atoms with Crippen LogP contribution in [0.3, 0.4) is 0 Å². The standard InChI is InChI=1S/C16H31N3O2/c1-6-7-8-9-10-17-14(21)19-12-16(4,5)18-15(2,3)11-13(19)20/h18H,6-12H2,1-5H3,(H,17,21). The molecule has 1 heterocycles. The van der Waals surface area contributed by atoms with Gasteiger partial charge in [0.15, 0.2) is 0 Å². The zero-order valence-electron chi connectivity index (χ0n) is 14.2. The molecular weight excluding hydrogens is 266 g/mol. The SMILES string of the molecule is CCCCCCNC(=O)N1CC(C)(C)NC(C)(C)CC1=O. The van der Waals surface area contributed by atoms with Crippen LogP contribution in [0.1, 0.15) is 66.7 Å². The summed E-state index contributed by atoms with van der Waals surface area (Å²) < 4.78 is 0. The molecule has 0 aromatic carbocycles. The summed E-state index contributed by atoms with van der Waals surface area (Å²) in [6.45, 7) is 11.2. The highest BCUT2D eigenvalue weighted by Gasteiger charge is 2.39. The summed E-state index contributed by atoms with van der Waals surface area (Å²) in [5, 5.41) is 6.32. The Morgan fingerprint density at radius 1 is 1.19 bits per heavy atom. The predicted octanol–water partition coefficient (Wildman–Crippen LogP) is 2.66. The number of carbonyl (C=O) groups is 2. The minimum atomic E-state index is -0.295. The third kappa shape index (κ3) is 6.04. The van der Waals surface area contributed by atoms with Crippen LogP contribution in [-0.4, -0.2) is 41.0 Å². The molecule has 1 fully saturated rings. The maximum absolute atomic E-state index is 12.3. The Hall–Kier alpha value is -1.10. The molecule has 0 atom stereocenters. The Bertz CT molecular complexity index is 378. The van der Waals surface area contributed by atoms with Gasteiger partial charge >= 0.3 is 6.03 Å². The molecule has 0 aromatic heterocycles. The van der Waals surface area contributed by atoms with Gasteiger partial charge in [-0.3, -0.25) is 9.69 Å². The van der Waals surface area contributed by atoms with Crippen LogP contribution in [0.2, 0.25) is 0 Å². The lowest BCUT2D eigenvalue weighted by Gasteiger charge is -2.34. The number of imide groups is 1. The fourth-order valence-electron chi connectivity index (χ4n) is 2.98. The number of hydrogen-bond donors (Lipinski definition) is 2. The summed E-state index contributed by atoms with van der Waals surface area (Å²) >= 11 is 0. The summed E-state index contributed by atoms with van der Waals surface area (Å²) in [6.07, 6.45) is 4.77. The van der Waals surface area contributed by atoms with Crippen molar-refractivity contribution < 1.29 is 9.59 Å². The number of urea groups is 1. The van der Waals surface area contributed by atoms with Gasteiger partial charge < -0.3 is 10.6 Å². The zero-order valence-corrected chi connectivity index (χ0v) is 14.2. The topological polar surface area (TPSA) is 61.4 Å². The Labute approximate surface area is 128 Å². The van der Waals surface area contributed by atoms with E-state index >= 15 is 0 Å². The Balaban J connectivity index is 2.59. The van der Waals surface area contributed by atoms with E-state index in [1.165, 1.54) is 17.7 Å². The van der Waals surface area contributed by atoms with Crippen LogP contribution in [0.5, 0.6) is 0 Å². The summed E-state index contributed by atoms with van der Waals surface area (Å²) in [5.74, 6) is -0.107. The maximum Gasteiger partial charge on any atom is 0.324 e. The molecule has 122 valence electrons. The minimum Gasteiger partial charge on any atom is -0.338 e. The van der Waals surface area contributed by atoms with Crippen LogP contribution >= 0.6 is 0 Å². The molecule has 0 aromatic rings. The van der Waals surface area contributed by atoms with Crippen LogP contribution < -0.4 is 10.6 Å². The van der Waals surface area contributed by atoms with Gasteiger partial charge in [0.25, 0.3) is 0 Å². The van der Waals surface area contributed by atoms with Crippen molar-refractivity contribution >= 4 is 11.9 Å². The summed E-state index contributed by atoms with van der Waals surface area (Å²) in [5.41, 5.74) is -0.577. The van der Waals surface area contributed by atoms with Gasteiger partial charge in [0.05, 0.1) is 0 Å². The molecule has 0 saturated carbocycles. The molecule has 0 aliphatic carbocycles. The van der Waals surface area contributed by atoms with Crippen molar-refractivity contribution in [3.05, 3.63) is 0 Å². The van der Waals surface area contributed by atoms with Crippen LogP contribution in [-0.2, 0) is 4.79 Å². The van der Waals surface area contributed by atoms with E-state index in [0.717, 1.165) is 12.8 Å². The number of carbonyl (C=O) groups excluding carboxylic acids is 2. The lowest BCUT2D eigenvalue weighted by Crippen LogP contribution is -2.55. The first kappa shape index (κ1) is 18.0. The highest BCUT2D eigenvalue weighted by atomic mass is 16.2. The lowest BCUT2D eigenvalue weighted by atomic mass is 9.96. The van der Waals surface area contributed by atoms with E-state index in [2.05, 4.69) is 17.6 Å². The molecule has 2 N–H and O–H groups in total. The largest absolute Gasteiger partial charge is 0.338 e. The van der Waals surface area contributed by atoms with E-state index in [1.807, 2.05) is 27.7 Å². The van der Waals surface area contributed by atoms with Crippen molar-refractivity contribution in [2.45, 2.75) is 77.8 Å². The Morgan fingerprint density at radius 2 is 1.86 bits per heavy atom. The fraction of sp³-hybridized carbons (Fsp3) is 0.875. The molecular formula is C16H31N3O2. The molecule has 5 heteroatoms. The van der Waals surface area contributed by atoms with Gasteiger partial charge in [-0.25, -0.2) is 4.79 Å². The monoisotopic (exact) mass is 297 g/mol. The number of unbranched alkanes of at least 4 members (excludes halogenated alkanes) is 3. The molecule has 0 radical (unpaired) electrons. The number of amides is 3. The van der Waals surface area contributed by atoms with Crippen LogP contribution in [0, 0.1) is 0 Å². The second-order valence-electron chi connectivity index (χ2n) is 7.34. The van der Waals surface area contributed by atoms with Crippen LogP contribution in [0.15, 0.2) is 0 Å². The van der Waals surface area contributed by atoms with Crippen molar-refractivity contribution in [1.82, 2.24) is 15.5 Å².